The molecule has 6 nitrogen and oxygen atoms in total. The normalized spacial score (nSPS) is 18.3. The number of thiophene rings is 1. The zero-order chi connectivity index (χ0) is 25.2. The molecule has 2 heterocycles. The molecule has 1 N–H and O–H groups in total. The van der Waals surface area contributed by atoms with E-state index in [2.05, 4.69) is 5.32 Å². The smallest absolute Gasteiger partial charge is 0.312 e. The van der Waals surface area contributed by atoms with Crippen molar-refractivity contribution < 1.29 is 19.1 Å². The maximum absolute atomic E-state index is 13.3. The highest BCUT2D eigenvalue weighted by atomic mass is 32.1. The maximum Gasteiger partial charge on any atom is 0.312 e. The molecule has 36 heavy (non-hydrogen) atoms. The van der Waals surface area contributed by atoms with Crippen LogP contribution in [-0.2, 0) is 19.1 Å². The summed E-state index contributed by atoms with van der Waals surface area (Å²) in [4.78, 5) is 41.8. The summed E-state index contributed by atoms with van der Waals surface area (Å²) in [6.07, 6.45) is -0.995. The van der Waals surface area contributed by atoms with Crippen LogP contribution in [0.15, 0.2) is 84.2 Å². The number of anilines is 2. The van der Waals surface area contributed by atoms with Crippen molar-refractivity contribution in [2.75, 3.05) is 10.2 Å². The van der Waals surface area contributed by atoms with Gasteiger partial charge in [-0.1, -0.05) is 54.1 Å². The van der Waals surface area contributed by atoms with Gasteiger partial charge < -0.3 is 15.0 Å². The number of hydrogen-bond acceptors (Lipinski definition) is 5. The number of hydrogen-bond donors (Lipinski definition) is 1. The van der Waals surface area contributed by atoms with E-state index in [9.17, 15) is 14.4 Å². The third kappa shape index (κ3) is 4.75. The standard InChI is InChI=1S/C29H26N2O4S/c1-18-9-13-23(14-10-18)31-26(32)17-24(27(31)25-8-5-15-36-25)29(34)35-19(2)28(33)30-22-12-11-20-6-3-4-7-21(20)16-22/h3-16,19,24,27H,17H2,1-2H3,(H,30,33)/t19-,24-,27-/m0/s1. The number of carbonyl (C=O) groups is 3. The monoisotopic (exact) mass is 498 g/mol. The number of aryl methyl sites for hydroxylation is 1. The van der Waals surface area contributed by atoms with E-state index in [0.717, 1.165) is 26.9 Å². The Morgan fingerprint density at radius 3 is 2.47 bits per heavy atom. The second kappa shape index (κ2) is 9.95. The quantitative estimate of drug-likeness (QED) is 0.337. The van der Waals surface area contributed by atoms with Crippen molar-refractivity contribution in [3.63, 3.8) is 0 Å². The van der Waals surface area contributed by atoms with Crippen LogP contribution in [0.25, 0.3) is 10.8 Å². The molecule has 182 valence electrons. The van der Waals surface area contributed by atoms with E-state index in [4.69, 9.17) is 4.74 Å². The number of rotatable bonds is 6. The van der Waals surface area contributed by atoms with Crippen LogP contribution in [0, 0.1) is 12.8 Å². The average Bonchev–Trinajstić information content (AvgIpc) is 3.52. The number of amides is 2. The molecular weight excluding hydrogens is 472 g/mol. The van der Waals surface area contributed by atoms with Gasteiger partial charge in [0.05, 0.1) is 12.0 Å². The van der Waals surface area contributed by atoms with E-state index in [-0.39, 0.29) is 12.3 Å². The van der Waals surface area contributed by atoms with Crippen molar-refractivity contribution in [2.45, 2.75) is 32.4 Å². The minimum absolute atomic E-state index is 0.0221. The molecule has 3 atom stereocenters. The summed E-state index contributed by atoms with van der Waals surface area (Å²) in [5, 5.41) is 6.82. The lowest BCUT2D eigenvalue weighted by Crippen LogP contribution is -2.34. The minimum Gasteiger partial charge on any atom is -0.452 e. The lowest BCUT2D eigenvalue weighted by Gasteiger charge is -2.27. The largest absolute Gasteiger partial charge is 0.452 e. The number of ether oxygens (including phenoxy) is 1. The highest BCUT2D eigenvalue weighted by molar-refractivity contribution is 7.10. The summed E-state index contributed by atoms with van der Waals surface area (Å²) in [6.45, 7) is 3.53. The van der Waals surface area contributed by atoms with Crippen molar-refractivity contribution >= 4 is 51.3 Å². The van der Waals surface area contributed by atoms with Crippen molar-refractivity contribution in [3.05, 3.63) is 94.7 Å². The van der Waals surface area contributed by atoms with Crippen LogP contribution in [0.3, 0.4) is 0 Å². The van der Waals surface area contributed by atoms with Gasteiger partial charge in [-0.05, 0) is 60.3 Å². The molecular formula is C29H26N2O4S. The van der Waals surface area contributed by atoms with Gasteiger partial charge in [-0.15, -0.1) is 11.3 Å². The molecule has 1 aromatic heterocycles. The van der Waals surface area contributed by atoms with Crippen LogP contribution < -0.4 is 10.2 Å². The Morgan fingerprint density at radius 1 is 1.00 bits per heavy atom. The number of nitrogens with one attached hydrogen (secondary N) is 1. The molecule has 0 radical (unpaired) electrons. The second-order valence-corrected chi connectivity index (χ2v) is 9.98. The Balaban J connectivity index is 1.32. The number of esters is 1. The lowest BCUT2D eigenvalue weighted by atomic mass is 9.98. The van der Waals surface area contributed by atoms with E-state index in [1.807, 2.05) is 91.2 Å². The summed E-state index contributed by atoms with van der Waals surface area (Å²) in [6, 6.07) is 24.5. The van der Waals surface area contributed by atoms with Crippen molar-refractivity contribution in [1.82, 2.24) is 0 Å². The van der Waals surface area contributed by atoms with Crippen LogP contribution >= 0.6 is 11.3 Å². The summed E-state index contributed by atoms with van der Waals surface area (Å²) in [5.74, 6) is -1.84. The number of benzene rings is 3. The second-order valence-electron chi connectivity index (χ2n) is 9.00. The predicted molar refractivity (Wildman–Crippen MR) is 142 cm³/mol. The van der Waals surface area contributed by atoms with Crippen LogP contribution in [-0.4, -0.2) is 23.9 Å². The first-order valence-electron chi connectivity index (χ1n) is 11.8. The van der Waals surface area contributed by atoms with Gasteiger partial charge >= 0.3 is 5.97 Å². The molecule has 7 heteroatoms. The van der Waals surface area contributed by atoms with Crippen molar-refractivity contribution in [2.24, 2.45) is 5.92 Å². The highest BCUT2D eigenvalue weighted by Crippen LogP contribution is 2.43. The summed E-state index contributed by atoms with van der Waals surface area (Å²) in [5.41, 5.74) is 2.45. The Kier molecular flexibility index (Phi) is 6.57. The Morgan fingerprint density at radius 2 is 1.75 bits per heavy atom. The Labute approximate surface area is 213 Å². The number of carbonyl (C=O) groups excluding carboxylic acids is 3. The molecule has 1 saturated heterocycles. The van der Waals surface area contributed by atoms with E-state index < -0.39 is 29.9 Å². The van der Waals surface area contributed by atoms with E-state index in [0.29, 0.717) is 5.69 Å². The molecule has 5 rings (SSSR count). The third-order valence-corrected chi connectivity index (χ3v) is 7.39. The third-order valence-electron chi connectivity index (χ3n) is 6.45. The number of fused-ring (bicyclic) bond motifs is 1. The van der Waals surface area contributed by atoms with Gasteiger partial charge in [-0.3, -0.25) is 14.4 Å². The lowest BCUT2D eigenvalue weighted by molar-refractivity contribution is -0.157. The van der Waals surface area contributed by atoms with Crippen LogP contribution in [0.1, 0.15) is 29.8 Å². The van der Waals surface area contributed by atoms with E-state index >= 15 is 0 Å². The molecule has 0 unspecified atom stereocenters. The average molecular weight is 499 g/mol. The molecule has 0 spiro atoms. The Hall–Kier alpha value is -3.97. The molecule has 0 saturated carbocycles. The first-order valence-corrected chi connectivity index (χ1v) is 12.7. The van der Waals surface area contributed by atoms with Gasteiger partial charge in [0.1, 0.15) is 0 Å². The molecule has 3 aromatic carbocycles. The van der Waals surface area contributed by atoms with Gasteiger partial charge in [-0.2, -0.15) is 0 Å². The minimum atomic E-state index is -1.02. The molecule has 1 aliphatic heterocycles. The zero-order valence-corrected chi connectivity index (χ0v) is 20.8. The first-order chi connectivity index (χ1) is 17.4. The van der Waals surface area contributed by atoms with Gasteiger partial charge in [0.25, 0.3) is 5.91 Å². The fraction of sp³-hybridized carbons (Fsp3) is 0.207. The summed E-state index contributed by atoms with van der Waals surface area (Å²) in [7, 11) is 0. The Bertz CT molecular complexity index is 1420. The molecule has 0 bridgehead atoms. The first kappa shape index (κ1) is 23.8. The molecule has 1 fully saturated rings. The summed E-state index contributed by atoms with van der Waals surface area (Å²) >= 11 is 1.49. The predicted octanol–water partition coefficient (Wildman–Crippen LogP) is 5.87. The van der Waals surface area contributed by atoms with E-state index in [1.165, 1.54) is 11.3 Å². The number of nitrogens with zero attached hydrogens (tertiary/aromatic N) is 1. The fourth-order valence-electron chi connectivity index (χ4n) is 4.57. The topological polar surface area (TPSA) is 75.7 Å². The highest BCUT2D eigenvalue weighted by Gasteiger charge is 2.47. The van der Waals surface area contributed by atoms with E-state index in [1.54, 1.807) is 11.8 Å². The molecule has 2 amide bonds. The molecule has 4 aromatic rings. The van der Waals surface area contributed by atoms with Gasteiger partial charge in [-0.25, -0.2) is 0 Å². The van der Waals surface area contributed by atoms with Crippen molar-refractivity contribution in [1.29, 1.82) is 0 Å². The fourth-order valence-corrected chi connectivity index (χ4v) is 5.45. The summed E-state index contributed by atoms with van der Waals surface area (Å²) < 4.78 is 5.61. The van der Waals surface area contributed by atoms with Crippen LogP contribution in [0.4, 0.5) is 11.4 Å². The van der Waals surface area contributed by atoms with Crippen LogP contribution in [0.2, 0.25) is 0 Å². The van der Waals surface area contributed by atoms with Crippen molar-refractivity contribution in [3.8, 4) is 0 Å². The van der Waals surface area contributed by atoms with Gasteiger partial charge in [0.15, 0.2) is 6.10 Å². The van der Waals surface area contributed by atoms with Gasteiger partial charge in [0.2, 0.25) is 5.91 Å². The van der Waals surface area contributed by atoms with Gasteiger partial charge in [0, 0.05) is 22.7 Å². The SMILES string of the molecule is Cc1ccc(N2C(=O)C[C@H](C(=O)O[C@@H](C)C(=O)Nc3ccc4ccccc4c3)[C@H]2c2cccs2)cc1. The van der Waals surface area contributed by atoms with Crippen LogP contribution in [0.5, 0.6) is 0 Å². The zero-order valence-electron chi connectivity index (χ0n) is 20.0. The maximum atomic E-state index is 13.3. The molecule has 1 aliphatic rings. The molecule has 0 aliphatic carbocycles.